The summed E-state index contributed by atoms with van der Waals surface area (Å²) < 4.78 is 10.7. The van der Waals surface area contributed by atoms with Gasteiger partial charge in [0.1, 0.15) is 5.60 Å². The van der Waals surface area contributed by atoms with Gasteiger partial charge in [-0.25, -0.2) is 4.98 Å². The average Bonchev–Trinajstić information content (AvgIpc) is 2.86. The second kappa shape index (κ2) is 6.87. The van der Waals surface area contributed by atoms with Crippen molar-refractivity contribution in [1.29, 1.82) is 0 Å². The molecule has 0 aromatic carbocycles. The van der Waals surface area contributed by atoms with Gasteiger partial charge in [-0.2, -0.15) is 0 Å². The minimum absolute atomic E-state index is 0.166. The number of methoxy groups -OCH3 is 1. The van der Waals surface area contributed by atoms with Crippen molar-refractivity contribution in [3.63, 3.8) is 0 Å². The predicted octanol–water partition coefficient (Wildman–Crippen LogP) is 3.19. The van der Waals surface area contributed by atoms with E-state index >= 15 is 0 Å². The summed E-state index contributed by atoms with van der Waals surface area (Å²) in [6.07, 6.45) is 2.12. The van der Waals surface area contributed by atoms with Crippen LogP contribution in [-0.4, -0.2) is 41.7 Å². The number of likely N-dealkylation sites (tertiary alicyclic amines) is 1. The maximum atomic E-state index is 12.1. The predicted molar refractivity (Wildman–Crippen MR) is 89.7 cm³/mol. The van der Waals surface area contributed by atoms with Gasteiger partial charge < -0.3 is 9.47 Å². The molecule has 1 unspecified atom stereocenters. The Kier molecular flexibility index (Phi) is 5.30. The topological polar surface area (TPSA) is 51.7 Å². The van der Waals surface area contributed by atoms with Gasteiger partial charge in [0, 0.05) is 17.3 Å². The van der Waals surface area contributed by atoms with Gasteiger partial charge in [0.05, 0.1) is 13.7 Å². The van der Waals surface area contributed by atoms with Crippen LogP contribution in [0, 0.1) is 13.8 Å². The molecule has 1 atom stereocenters. The summed E-state index contributed by atoms with van der Waals surface area (Å²) in [7, 11) is 1.64. The van der Waals surface area contributed by atoms with Crippen LogP contribution in [0.1, 0.15) is 56.5 Å². The number of rotatable bonds is 4. The number of ether oxygens (including phenoxy) is 2. The minimum atomic E-state index is -0.444. The van der Waals surface area contributed by atoms with E-state index in [-0.39, 0.29) is 12.0 Å². The third-order valence-corrected chi connectivity index (χ3v) is 4.06. The molecule has 1 fully saturated rings. The summed E-state index contributed by atoms with van der Waals surface area (Å²) in [5.41, 5.74) is 2.73. The Labute approximate surface area is 139 Å². The zero-order valence-electron chi connectivity index (χ0n) is 15.1. The molecule has 1 aliphatic rings. The largest absolute Gasteiger partial charge is 0.481 e. The maximum absolute atomic E-state index is 12.1. The van der Waals surface area contributed by atoms with Crippen LogP contribution in [0.5, 0.6) is 5.88 Å². The zero-order chi connectivity index (χ0) is 17.2. The number of esters is 1. The van der Waals surface area contributed by atoms with Gasteiger partial charge in [-0.15, -0.1) is 0 Å². The van der Waals surface area contributed by atoms with Crippen LogP contribution < -0.4 is 4.74 Å². The second-order valence-corrected chi connectivity index (χ2v) is 7.20. The molecule has 23 heavy (non-hydrogen) atoms. The normalized spacial score (nSPS) is 19.0. The van der Waals surface area contributed by atoms with Crippen molar-refractivity contribution in [3.05, 3.63) is 22.9 Å². The van der Waals surface area contributed by atoms with E-state index in [1.807, 2.05) is 34.6 Å². The first-order chi connectivity index (χ1) is 10.7. The fraction of sp³-hybridized carbons (Fsp3) is 0.667. The molecule has 5 nitrogen and oxygen atoms in total. The second-order valence-electron chi connectivity index (χ2n) is 7.20. The highest BCUT2D eigenvalue weighted by atomic mass is 16.6. The number of nitrogens with zero attached hydrogens (tertiary/aromatic N) is 2. The Hall–Kier alpha value is -1.62. The monoisotopic (exact) mass is 320 g/mol. The van der Waals surface area contributed by atoms with E-state index in [1.54, 1.807) is 7.11 Å². The SMILES string of the molecule is COc1nc(C)c(C2CCCN2CC(=O)OC(C)(C)C)cc1C. The first-order valence-electron chi connectivity index (χ1n) is 8.19. The molecule has 0 N–H and O–H groups in total. The Morgan fingerprint density at radius 1 is 1.39 bits per heavy atom. The molecule has 0 aliphatic carbocycles. The smallest absolute Gasteiger partial charge is 0.320 e. The molecule has 0 saturated carbocycles. The van der Waals surface area contributed by atoms with Crippen molar-refractivity contribution < 1.29 is 14.3 Å². The molecule has 2 rings (SSSR count). The average molecular weight is 320 g/mol. The molecule has 1 saturated heterocycles. The number of hydrogen-bond donors (Lipinski definition) is 0. The lowest BCUT2D eigenvalue weighted by Crippen LogP contribution is -2.35. The summed E-state index contributed by atoms with van der Waals surface area (Å²) in [5, 5.41) is 0. The van der Waals surface area contributed by atoms with E-state index < -0.39 is 5.60 Å². The maximum Gasteiger partial charge on any atom is 0.320 e. The highest BCUT2D eigenvalue weighted by Gasteiger charge is 2.31. The summed E-state index contributed by atoms with van der Waals surface area (Å²) in [6, 6.07) is 2.36. The van der Waals surface area contributed by atoms with Gasteiger partial charge in [0.25, 0.3) is 0 Å². The molecule has 2 heterocycles. The first kappa shape index (κ1) is 17.7. The van der Waals surface area contributed by atoms with Crippen LogP contribution in [-0.2, 0) is 9.53 Å². The molecule has 1 aromatic heterocycles. The summed E-state index contributed by atoms with van der Waals surface area (Å²) in [6.45, 7) is 10.9. The Morgan fingerprint density at radius 2 is 2.09 bits per heavy atom. The lowest BCUT2D eigenvalue weighted by atomic mass is 10.0. The molecular weight excluding hydrogens is 292 g/mol. The molecule has 128 valence electrons. The number of aryl methyl sites for hydroxylation is 2. The van der Waals surface area contributed by atoms with E-state index in [0.29, 0.717) is 12.4 Å². The van der Waals surface area contributed by atoms with Crippen molar-refractivity contribution >= 4 is 5.97 Å². The number of pyridine rings is 1. The highest BCUT2D eigenvalue weighted by molar-refractivity contribution is 5.72. The van der Waals surface area contributed by atoms with Crippen molar-refractivity contribution in [2.24, 2.45) is 0 Å². The van der Waals surface area contributed by atoms with Gasteiger partial charge in [-0.3, -0.25) is 9.69 Å². The minimum Gasteiger partial charge on any atom is -0.481 e. The first-order valence-corrected chi connectivity index (χ1v) is 8.19. The molecule has 0 bridgehead atoms. The van der Waals surface area contributed by atoms with Crippen LogP contribution >= 0.6 is 0 Å². The number of hydrogen-bond acceptors (Lipinski definition) is 5. The Balaban J connectivity index is 2.16. The van der Waals surface area contributed by atoms with E-state index in [2.05, 4.69) is 16.0 Å². The summed E-state index contributed by atoms with van der Waals surface area (Å²) >= 11 is 0. The molecule has 1 aliphatic heterocycles. The van der Waals surface area contributed by atoms with Crippen LogP contribution in [0.2, 0.25) is 0 Å². The fourth-order valence-electron chi connectivity index (χ4n) is 3.16. The van der Waals surface area contributed by atoms with Gasteiger partial charge in [-0.05, 0) is 65.6 Å². The van der Waals surface area contributed by atoms with Gasteiger partial charge in [-0.1, -0.05) is 0 Å². The molecule has 0 amide bonds. The molecule has 0 radical (unpaired) electrons. The van der Waals surface area contributed by atoms with Crippen LogP contribution in [0.25, 0.3) is 0 Å². The lowest BCUT2D eigenvalue weighted by Gasteiger charge is -2.27. The van der Waals surface area contributed by atoms with Crippen molar-refractivity contribution in [2.75, 3.05) is 20.2 Å². The zero-order valence-corrected chi connectivity index (χ0v) is 15.1. The third-order valence-electron chi connectivity index (χ3n) is 4.06. The molecular formula is C18H28N2O3. The van der Waals surface area contributed by atoms with E-state index in [1.165, 1.54) is 5.56 Å². The molecule has 5 heteroatoms. The standard InChI is InChI=1S/C18H28N2O3/c1-12-10-14(13(2)19-17(12)22-6)15-8-7-9-20(15)11-16(21)23-18(3,4)5/h10,15H,7-9,11H2,1-6H3. The van der Waals surface area contributed by atoms with Gasteiger partial charge in [0.15, 0.2) is 0 Å². The number of aromatic nitrogens is 1. The van der Waals surface area contributed by atoms with Crippen molar-refractivity contribution in [1.82, 2.24) is 9.88 Å². The fourth-order valence-corrected chi connectivity index (χ4v) is 3.16. The number of carbonyl (C=O) groups excluding carboxylic acids is 1. The summed E-state index contributed by atoms with van der Waals surface area (Å²) in [5.74, 6) is 0.503. The van der Waals surface area contributed by atoms with Gasteiger partial charge in [0.2, 0.25) is 5.88 Å². The Bertz CT molecular complexity index is 578. The third kappa shape index (κ3) is 4.44. The lowest BCUT2D eigenvalue weighted by molar-refractivity contribution is -0.156. The summed E-state index contributed by atoms with van der Waals surface area (Å²) in [4.78, 5) is 18.9. The quantitative estimate of drug-likeness (QED) is 0.798. The highest BCUT2D eigenvalue weighted by Crippen LogP contribution is 2.35. The van der Waals surface area contributed by atoms with Crippen molar-refractivity contribution in [2.45, 2.75) is 59.1 Å². The Morgan fingerprint density at radius 3 is 2.70 bits per heavy atom. The van der Waals surface area contributed by atoms with Gasteiger partial charge >= 0.3 is 5.97 Å². The van der Waals surface area contributed by atoms with E-state index in [0.717, 1.165) is 30.6 Å². The van der Waals surface area contributed by atoms with E-state index in [9.17, 15) is 4.79 Å². The molecule has 1 aromatic rings. The van der Waals surface area contributed by atoms with Crippen LogP contribution in [0.15, 0.2) is 6.07 Å². The van der Waals surface area contributed by atoms with Crippen LogP contribution in [0.4, 0.5) is 0 Å². The van der Waals surface area contributed by atoms with E-state index in [4.69, 9.17) is 9.47 Å². The molecule has 0 spiro atoms. The number of carbonyl (C=O) groups is 1. The van der Waals surface area contributed by atoms with Crippen LogP contribution in [0.3, 0.4) is 0 Å². The van der Waals surface area contributed by atoms with Crippen molar-refractivity contribution in [3.8, 4) is 5.88 Å².